The molecule has 0 fully saturated rings. The lowest BCUT2D eigenvalue weighted by Crippen LogP contribution is -2.23. The Morgan fingerprint density at radius 1 is 1.25 bits per heavy atom. The monoisotopic (exact) mass is 328 g/mol. The molecule has 0 radical (unpaired) electrons. The normalized spacial score (nSPS) is 11.3. The van der Waals surface area contributed by atoms with Gasteiger partial charge >= 0.3 is 6.03 Å². The van der Waals surface area contributed by atoms with Crippen molar-refractivity contribution in [1.29, 1.82) is 0 Å². The number of hydrogen-bond donors (Lipinski definition) is 1. The van der Waals surface area contributed by atoms with Gasteiger partial charge in [0, 0.05) is 12.6 Å². The van der Waals surface area contributed by atoms with E-state index in [9.17, 15) is 4.79 Å². The third-order valence-corrected chi connectivity index (χ3v) is 3.29. The Balaban J connectivity index is 2.31. The molecule has 0 atom stereocenters. The molecule has 6 heteroatoms. The number of carbonyl (C=O) groups excluding carboxylic acids is 1. The quantitative estimate of drug-likeness (QED) is 0.794. The highest BCUT2D eigenvalue weighted by atomic mass is 16.5. The molecule has 0 bridgehead atoms. The van der Waals surface area contributed by atoms with Gasteiger partial charge in [-0.15, -0.1) is 0 Å². The molecule has 0 saturated carbocycles. The number of amides is 2. The van der Waals surface area contributed by atoms with Crippen molar-refractivity contribution < 1.29 is 9.53 Å². The van der Waals surface area contributed by atoms with Crippen LogP contribution in [0.25, 0.3) is 5.69 Å². The molecule has 1 aromatic carbocycles. The first kappa shape index (κ1) is 17.7. The summed E-state index contributed by atoms with van der Waals surface area (Å²) in [5.41, 5.74) is 0.894. The zero-order valence-corrected chi connectivity index (χ0v) is 14.2. The summed E-state index contributed by atoms with van der Waals surface area (Å²) in [6.07, 6.45) is 4.42. The van der Waals surface area contributed by atoms with Crippen LogP contribution in [0, 0.1) is 0 Å². The smallest absolute Gasteiger partial charge is 0.341 e. The number of hydrogen-bond acceptors (Lipinski definition) is 3. The van der Waals surface area contributed by atoms with Gasteiger partial charge in [-0.05, 0) is 25.0 Å². The van der Waals surface area contributed by atoms with E-state index in [2.05, 4.69) is 22.3 Å². The second-order valence-corrected chi connectivity index (χ2v) is 5.35. The van der Waals surface area contributed by atoms with Gasteiger partial charge in [-0.2, -0.15) is 10.1 Å². The van der Waals surface area contributed by atoms with Crippen molar-refractivity contribution in [2.75, 3.05) is 13.2 Å². The fourth-order valence-corrected chi connectivity index (χ4v) is 2.04. The van der Waals surface area contributed by atoms with Crippen LogP contribution < -0.4 is 15.4 Å². The molecule has 24 heavy (non-hydrogen) atoms. The van der Waals surface area contributed by atoms with Gasteiger partial charge in [0.05, 0.1) is 23.8 Å². The van der Waals surface area contributed by atoms with Gasteiger partial charge in [0.25, 0.3) is 0 Å². The summed E-state index contributed by atoms with van der Waals surface area (Å²) in [5.74, 6) is 0.569. The predicted molar refractivity (Wildman–Crippen MR) is 93.2 cm³/mol. The Labute approximate surface area is 142 Å². The Morgan fingerprint density at radius 3 is 2.75 bits per heavy atom. The Morgan fingerprint density at radius 2 is 2.04 bits per heavy atom. The van der Waals surface area contributed by atoms with Gasteiger partial charge in [-0.25, -0.2) is 9.48 Å². The maximum atomic E-state index is 11.7. The SMILES string of the molecule is CCCCOc1c/c(=N\C(=O)NCCC)cnn1-c1ccccc1. The summed E-state index contributed by atoms with van der Waals surface area (Å²) in [4.78, 5) is 15.8. The number of nitrogens with one attached hydrogen (secondary N) is 1. The summed E-state index contributed by atoms with van der Waals surface area (Å²) in [6, 6.07) is 11.1. The number of ether oxygens (including phenoxy) is 1. The minimum absolute atomic E-state index is 0.365. The number of benzene rings is 1. The zero-order chi connectivity index (χ0) is 17.2. The van der Waals surface area contributed by atoms with E-state index < -0.39 is 0 Å². The van der Waals surface area contributed by atoms with Crippen molar-refractivity contribution in [2.24, 2.45) is 4.99 Å². The molecule has 1 heterocycles. The van der Waals surface area contributed by atoms with E-state index in [-0.39, 0.29) is 6.03 Å². The first-order valence-corrected chi connectivity index (χ1v) is 8.34. The van der Waals surface area contributed by atoms with E-state index in [4.69, 9.17) is 4.74 Å². The molecule has 0 aliphatic rings. The second-order valence-electron chi connectivity index (χ2n) is 5.35. The summed E-state index contributed by atoms with van der Waals surface area (Å²) < 4.78 is 7.55. The van der Waals surface area contributed by atoms with Crippen LogP contribution in [0.15, 0.2) is 47.6 Å². The topological polar surface area (TPSA) is 68.5 Å². The number of urea groups is 1. The lowest BCUT2D eigenvalue weighted by atomic mass is 10.3. The molecular weight excluding hydrogens is 304 g/mol. The van der Waals surface area contributed by atoms with Crippen molar-refractivity contribution in [1.82, 2.24) is 15.1 Å². The van der Waals surface area contributed by atoms with Gasteiger partial charge in [-0.3, -0.25) is 0 Å². The number of rotatable bonds is 7. The fourth-order valence-electron chi connectivity index (χ4n) is 2.04. The van der Waals surface area contributed by atoms with Crippen LogP contribution in [0.3, 0.4) is 0 Å². The third-order valence-electron chi connectivity index (χ3n) is 3.29. The minimum atomic E-state index is -0.365. The van der Waals surface area contributed by atoms with Crippen LogP contribution >= 0.6 is 0 Å². The summed E-state index contributed by atoms with van der Waals surface area (Å²) in [6.45, 7) is 5.30. The average molecular weight is 328 g/mol. The maximum absolute atomic E-state index is 11.7. The molecule has 0 aliphatic heterocycles. The van der Waals surface area contributed by atoms with Crippen LogP contribution in [-0.4, -0.2) is 29.0 Å². The van der Waals surface area contributed by atoms with Crippen LogP contribution in [0.5, 0.6) is 5.88 Å². The lowest BCUT2D eigenvalue weighted by molar-refractivity contribution is 0.248. The molecule has 0 saturated heterocycles. The number of nitrogens with zero attached hydrogens (tertiary/aromatic N) is 3. The Hall–Kier alpha value is -2.63. The van der Waals surface area contributed by atoms with Crippen molar-refractivity contribution in [3.05, 3.63) is 48.0 Å². The molecule has 128 valence electrons. The minimum Gasteiger partial charge on any atom is -0.478 e. The first-order valence-electron chi connectivity index (χ1n) is 8.34. The lowest BCUT2D eigenvalue weighted by Gasteiger charge is -2.13. The van der Waals surface area contributed by atoms with E-state index in [1.165, 1.54) is 0 Å². The number of carbonyl (C=O) groups is 1. The molecular formula is C18H24N4O2. The van der Waals surface area contributed by atoms with E-state index in [1.54, 1.807) is 16.9 Å². The van der Waals surface area contributed by atoms with Crippen molar-refractivity contribution >= 4 is 6.03 Å². The van der Waals surface area contributed by atoms with Crippen LogP contribution in [0.2, 0.25) is 0 Å². The van der Waals surface area contributed by atoms with E-state index in [0.717, 1.165) is 24.9 Å². The highest BCUT2D eigenvalue weighted by Gasteiger charge is 2.06. The standard InChI is InChI=1S/C18H24N4O2/c1-3-5-12-24-17-13-15(21-18(23)19-11-4-2)14-20-22(17)16-9-7-6-8-10-16/h6-10,13-14H,3-5,11-12H2,1-2H3,(H,19,23)/b21-15+. The van der Waals surface area contributed by atoms with E-state index in [1.807, 2.05) is 37.3 Å². The van der Waals surface area contributed by atoms with Crippen LogP contribution in [0.1, 0.15) is 33.1 Å². The first-order chi connectivity index (χ1) is 11.7. The largest absolute Gasteiger partial charge is 0.478 e. The molecule has 0 unspecified atom stereocenters. The second kappa shape index (κ2) is 9.50. The van der Waals surface area contributed by atoms with Crippen molar-refractivity contribution in [2.45, 2.75) is 33.1 Å². The summed E-state index contributed by atoms with van der Waals surface area (Å²) in [5, 5.41) is 7.57. The van der Waals surface area contributed by atoms with Gasteiger partial charge in [0.2, 0.25) is 5.88 Å². The van der Waals surface area contributed by atoms with E-state index in [0.29, 0.717) is 24.4 Å². The summed E-state index contributed by atoms with van der Waals surface area (Å²) >= 11 is 0. The number of unbranched alkanes of at least 4 members (excludes halogenated alkanes) is 1. The van der Waals surface area contributed by atoms with Gasteiger partial charge in [-0.1, -0.05) is 38.5 Å². The molecule has 0 aliphatic carbocycles. The third kappa shape index (κ3) is 5.22. The van der Waals surface area contributed by atoms with Gasteiger partial charge in [0.15, 0.2) is 0 Å². The molecule has 1 aromatic heterocycles. The zero-order valence-electron chi connectivity index (χ0n) is 14.2. The van der Waals surface area contributed by atoms with Gasteiger partial charge in [0.1, 0.15) is 0 Å². The molecule has 2 aromatic rings. The highest BCUT2D eigenvalue weighted by Crippen LogP contribution is 2.14. The number of para-hydroxylation sites is 1. The average Bonchev–Trinajstić information content (AvgIpc) is 2.61. The Kier molecular flexibility index (Phi) is 7.01. The van der Waals surface area contributed by atoms with E-state index >= 15 is 0 Å². The maximum Gasteiger partial charge on any atom is 0.341 e. The summed E-state index contributed by atoms with van der Waals surface area (Å²) in [7, 11) is 0. The van der Waals surface area contributed by atoms with Crippen LogP contribution in [-0.2, 0) is 0 Å². The molecule has 2 amide bonds. The van der Waals surface area contributed by atoms with Gasteiger partial charge < -0.3 is 10.1 Å². The molecule has 1 N–H and O–H groups in total. The fraction of sp³-hybridized carbons (Fsp3) is 0.389. The Bertz CT molecular complexity index is 710. The van der Waals surface area contributed by atoms with Crippen LogP contribution in [0.4, 0.5) is 4.79 Å². The number of aromatic nitrogens is 2. The molecule has 0 spiro atoms. The highest BCUT2D eigenvalue weighted by molar-refractivity contribution is 5.74. The van der Waals surface area contributed by atoms with Crippen molar-refractivity contribution in [3.63, 3.8) is 0 Å². The predicted octanol–water partition coefficient (Wildman–Crippen LogP) is 3.07. The molecule has 6 nitrogen and oxygen atoms in total. The molecule has 2 rings (SSSR count). The van der Waals surface area contributed by atoms with Crippen molar-refractivity contribution in [3.8, 4) is 11.6 Å².